The van der Waals surface area contributed by atoms with E-state index >= 15 is 0 Å². The maximum absolute atomic E-state index is 11.8. The lowest BCUT2D eigenvalue weighted by atomic mass is 10.1. The Balaban J connectivity index is 2.86. The molecule has 0 radical (unpaired) electrons. The summed E-state index contributed by atoms with van der Waals surface area (Å²) in [6, 6.07) is 2.80. The third kappa shape index (κ3) is 2.39. The Morgan fingerprint density at radius 3 is 2.63 bits per heavy atom. The van der Waals surface area contributed by atoms with Crippen molar-refractivity contribution in [2.75, 3.05) is 6.61 Å². The molecule has 100 valence electrons. The second-order valence-electron chi connectivity index (χ2n) is 3.71. The van der Waals surface area contributed by atoms with Gasteiger partial charge in [0.15, 0.2) is 5.75 Å². The lowest BCUT2D eigenvalue weighted by Crippen LogP contribution is -2.14. The first-order valence-electron chi connectivity index (χ1n) is 5.36. The van der Waals surface area contributed by atoms with Crippen molar-refractivity contribution < 1.29 is 14.6 Å². The molecule has 2 aromatic rings. The number of hydrogen-bond acceptors (Lipinski definition) is 4. The van der Waals surface area contributed by atoms with Crippen LogP contribution in [0.5, 0.6) is 5.75 Å². The highest BCUT2D eigenvalue weighted by Crippen LogP contribution is 2.30. The van der Waals surface area contributed by atoms with Crippen LogP contribution in [0.3, 0.4) is 0 Å². The number of hydrogen-bond donors (Lipinski definition) is 2. The van der Waals surface area contributed by atoms with Gasteiger partial charge in [-0.05, 0) is 19.1 Å². The smallest absolute Gasteiger partial charge is 0.342 e. The van der Waals surface area contributed by atoms with E-state index in [0.717, 1.165) is 0 Å². The van der Waals surface area contributed by atoms with Gasteiger partial charge in [-0.1, -0.05) is 23.2 Å². The number of aromatic amines is 1. The number of fused-ring (bicyclic) bond motifs is 1. The van der Waals surface area contributed by atoms with E-state index in [1.807, 2.05) is 0 Å². The van der Waals surface area contributed by atoms with Crippen molar-refractivity contribution in [2.24, 2.45) is 0 Å². The van der Waals surface area contributed by atoms with Crippen LogP contribution in [0, 0.1) is 0 Å². The molecule has 5 nitrogen and oxygen atoms in total. The Morgan fingerprint density at radius 2 is 2.00 bits per heavy atom. The van der Waals surface area contributed by atoms with E-state index in [4.69, 9.17) is 27.9 Å². The number of halogens is 2. The first kappa shape index (κ1) is 13.7. The number of carbonyl (C=O) groups is 1. The van der Waals surface area contributed by atoms with Crippen LogP contribution >= 0.6 is 23.2 Å². The van der Waals surface area contributed by atoms with Crippen molar-refractivity contribution in [2.45, 2.75) is 6.92 Å². The Kier molecular flexibility index (Phi) is 3.68. The van der Waals surface area contributed by atoms with Gasteiger partial charge in [-0.25, -0.2) is 4.79 Å². The molecule has 0 saturated heterocycles. The number of pyridine rings is 1. The van der Waals surface area contributed by atoms with Crippen LogP contribution in [0.1, 0.15) is 17.3 Å². The maximum atomic E-state index is 11.8. The summed E-state index contributed by atoms with van der Waals surface area (Å²) in [5, 5.41) is 10.4. The molecule has 1 aromatic heterocycles. The van der Waals surface area contributed by atoms with Gasteiger partial charge in [0.2, 0.25) is 0 Å². The summed E-state index contributed by atoms with van der Waals surface area (Å²) in [6.45, 7) is 1.74. The Labute approximate surface area is 117 Å². The summed E-state index contributed by atoms with van der Waals surface area (Å²) in [6.07, 6.45) is 0. The van der Waals surface area contributed by atoms with Gasteiger partial charge in [0.05, 0.1) is 22.2 Å². The predicted octanol–water partition coefficient (Wildman–Crippen LogP) is 2.72. The molecule has 1 aromatic carbocycles. The minimum absolute atomic E-state index is 0.119. The van der Waals surface area contributed by atoms with Crippen molar-refractivity contribution in [3.05, 3.63) is 38.1 Å². The Bertz CT molecular complexity index is 724. The highest BCUT2D eigenvalue weighted by atomic mass is 35.5. The van der Waals surface area contributed by atoms with Gasteiger partial charge in [-0.15, -0.1) is 0 Å². The number of aromatic nitrogens is 1. The number of aromatic hydroxyl groups is 1. The lowest BCUT2D eigenvalue weighted by Gasteiger charge is -2.09. The zero-order valence-electron chi connectivity index (χ0n) is 9.79. The summed E-state index contributed by atoms with van der Waals surface area (Å²) in [4.78, 5) is 25.8. The first-order chi connectivity index (χ1) is 8.95. The molecule has 0 aliphatic carbocycles. The minimum atomic E-state index is -0.797. The van der Waals surface area contributed by atoms with Crippen LogP contribution in [-0.2, 0) is 4.74 Å². The van der Waals surface area contributed by atoms with E-state index in [1.54, 1.807) is 6.92 Å². The summed E-state index contributed by atoms with van der Waals surface area (Å²) in [5.74, 6) is -1.50. The zero-order valence-corrected chi connectivity index (χ0v) is 11.3. The third-order valence-corrected chi connectivity index (χ3v) is 3.23. The lowest BCUT2D eigenvalue weighted by molar-refractivity contribution is 0.0525. The van der Waals surface area contributed by atoms with E-state index in [-0.39, 0.29) is 27.6 Å². The minimum Gasteiger partial charge on any atom is -0.502 e. The molecule has 0 fully saturated rings. The fourth-order valence-electron chi connectivity index (χ4n) is 1.69. The summed E-state index contributed by atoms with van der Waals surface area (Å²) < 4.78 is 4.81. The molecule has 1 heterocycles. The van der Waals surface area contributed by atoms with Gasteiger partial charge in [-0.2, -0.15) is 0 Å². The van der Waals surface area contributed by atoms with Crippen molar-refractivity contribution in [1.29, 1.82) is 0 Å². The molecule has 19 heavy (non-hydrogen) atoms. The number of rotatable bonds is 2. The molecule has 0 bridgehead atoms. The van der Waals surface area contributed by atoms with E-state index < -0.39 is 17.3 Å². The summed E-state index contributed by atoms with van der Waals surface area (Å²) in [7, 11) is 0. The van der Waals surface area contributed by atoms with Crippen LogP contribution < -0.4 is 5.56 Å². The van der Waals surface area contributed by atoms with Crippen molar-refractivity contribution in [3.63, 3.8) is 0 Å². The molecule has 2 rings (SSSR count). The van der Waals surface area contributed by atoms with Gasteiger partial charge in [0, 0.05) is 5.39 Å². The largest absolute Gasteiger partial charge is 0.502 e. The van der Waals surface area contributed by atoms with Crippen LogP contribution in [0.2, 0.25) is 10.0 Å². The maximum Gasteiger partial charge on any atom is 0.342 e. The number of benzene rings is 1. The molecule has 0 unspecified atom stereocenters. The van der Waals surface area contributed by atoms with E-state index in [9.17, 15) is 14.7 Å². The topological polar surface area (TPSA) is 79.4 Å². The van der Waals surface area contributed by atoms with Gasteiger partial charge < -0.3 is 14.8 Å². The number of carbonyl (C=O) groups excluding carboxylic acids is 1. The van der Waals surface area contributed by atoms with Crippen molar-refractivity contribution >= 4 is 40.1 Å². The SMILES string of the molecule is CCOC(=O)c1c(O)c(=O)[nH]c2cc(Cl)c(Cl)cc12. The molecule has 0 amide bonds. The van der Waals surface area contributed by atoms with Crippen LogP contribution in [0.25, 0.3) is 10.9 Å². The molecule has 0 atom stereocenters. The van der Waals surface area contributed by atoms with Gasteiger partial charge in [0.25, 0.3) is 5.56 Å². The fraction of sp³-hybridized carbons (Fsp3) is 0.167. The first-order valence-corrected chi connectivity index (χ1v) is 6.12. The molecule has 0 saturated carbocycles. The highest BCUT2D eigenvalue weighted by molar-refractivity contribution is 6.42. The van der Waals surface area contributed by atoms with Crippen molar-refractivity contribution in [1.82, 2.24) is 4.98 Å². The second-order valence-corrected chi connectivity index (χ2v) is 4.52. The monoisotopic (exact) mass is 301 g/mol. The van der Waals surface area contributed by atoms with Gasteiger partial charge >= 0.3 is 5.97 Å². The molecular weight excluding hydrogens is 293 g/mol. The van der Waals surface area contributed by atoms with Gasteiger partial charge in [-0.3, -0.25) is 4.79 Å². The zero-order chi connectivity index (χ0) is 14.2. The average Bonchev–Trinajstić information content (AvgIpc) is 2.34. The fourth-order valence-corrected chi connectivity index (χ4v) is 2.02. The number of H-pyrrole nitrogens is 1. The van der Waals surface area contributed by atoms with Gasteiger partial charge in [0.1, 0.15) is 5.56 Å². The molecule has 7 heteroatoms. The van der Waals surface area contributed by atoms with Crippen molar-refractivity contribution in [3.8, 4) is 5.75 Å². The summed E-state index contributed by atoms with van der Waals surface area (Å²) >= 11 is 11.7. The molecular formula is C12H9Cl2NO4. The summed E-state index contributed by atoms with van der Waals surface area (Å²) in [5.41, 5.74) is -0.728. The van der Waals surface area contributed by atoms with Crippen LogP contribution in [0.4, 0.5) is 0 Å². The Morgan fingerprint density at radius 1 is 1.37 bits per heavy atom. The van der Waals surface area contributed by atoms with Crippen LogP contribution in [-0.4, -0.2) is 22.7 Å². The molecule has 0 aliphatic heterocycles. The second kappa shape index (κ2) is 5.11. The standard InChI is InChI=1S/C12H9Cl2NO4/c1-2-19-12(18)9-5-3-6(13)7(14)4-8(5)15-11(17)10(9)16/h3-4,16H,2H2,1H3,(H,15,17). The third-order valence-electron chi connectivity index (χ3n) is 2.51. The van der Waals surface area contributed by atoms with Crippen LogP contribution in [0.15, 0.2) is 16.9 Å². The van der Waals surface area contributed by atoms with E-state index in [2.05, 4.69) is 4.98 Å². The Hall–Kier alpha value is -1.72. The molecule has 2 N–H and O–H groups in total. The average molecular weight is 302 g/mol. The number of ether oxygens (including phenoxy) is 1. The number of nitrogens with one attached hydrogen (secondary N) is 1. The van der Waals surface area contributed by atoms with E-state index in [0.29, 0.717) is 5.52 Å². The van der Waals surface area contributed by atoms with E-state index in [1.165, 1.54) is 12.1 Å². The number of esters is 1. The quantitative estimate of drug-likeness (QED) is 0.836. The highest BCUT2D eigenvalue weighted by Gasteiger charge is 2.20. The molecule has 0 aliphatic rings. The molecule has 0 spiro atoms. The normalized spacial score (nSPS) is 10.7. The predicted molar refractivity (Wildman–Crippen MR) is 72.2 cm³/mol.